The van der Waals surface area contributed by atoms with E-state index in [1.54, 1.807) is 11.3 Å². The number of carbonyl (C=O) groups excluding carboxylic acids is 1. The van der Waals surface area contributed by atoms with Crippen LogP contribution in [-0.4, -0.2) is 30.0 Å². The fourth-order valence-corrected chi connectivity index (χ4v) is 4.71. The predicted molar refractivity (Wildman–Crippen MR) is 99.0 cm³/mol. The fraction of sp³-hybridized carbons (Fsp3) is 0.579. The molecule has 0 radical (unpaired) electrons. The van der Waals surface area contributed by atoms with Gasteiger partial charge in [-0.25, -0.2) is 4.98 Å². The SMILES string of the molecule is CC(C)NC(=O)c1cc(C2CC2)c2nc(C3CCNCC3)sc2c1. The van der Waals surface area contributed by atoms with Crippen molar-refractivity contribution in [2.75, 3.05) is 13.1 Å². The summed E-state index contributed by atoms with van der Waals surface area (Å²) >= 11 is 1.79. The van der Waals surface area contributed by atoms with Gasteiger partial charge >= 0.3 is 0 Å². The number of hydrogen-bond donors (Lipinski definition) is 2. The van der Waals surface area contributed by atoms with Crippen molar-refractivity contribution >= 4 is 27.5 Å². The number of amides is 1. The largest absolute Gasteiger partial charge is 0.350 e. The Kier molecular flexibility index (Phi) is 4.31. The smallest absolute Gasteiger partial charge is 0.251 e. The highest BCUT2D eigenvalue weighted by molar-refractivity contribution is 7.18. The summed E-state index contributed by atoms with van der Waals surface area (Å²) in [5.74, 6) is 1.21. The Balaban J connectivity index is 1.73. The van der Waals surface area contributed by atoms with Gasteiger partial charge in [0.05, 0.1) is 15.2 Å². The Labute approximate surface area is 147 Å². The minimum atomic E-state index is 0.0330. The Morgan fingerprint density at radius 2 is 1.96 bits per heavy atom. The molecular weight excluding hydrogens is 318 g/mol. The molecule has 0 spiro atoms. The quantitative estimate of drug-likeness (QED) is 0.888. The molecule has 2 fully saturated rings. The maximum absolute atomic E-state index is 12.5. The van der Waals surface area contributed by atoms with E-state index >= 15 is 0 Å². The van der Waals surface area contributed by atoms with Gasteiger partial charge in [-0.3, -0.25) is 4.79 Å². The first kappa shape index (κ1) is 16.0. The van der Waals surface area contributed by atoms with Crippen molar-refractivity contribution in [3.63, 3.8) is 0 Å². The van der Waals surface area contributed by atoms with Gasteiger partial charge in [0.2, 0.25) is 0 Å². The molecule has 1 saturated heterocycles. The molecule has 0 atom stereocenters. The zero-order valence-corrected chi connectivity index (χ0v) is 15.2. The first-order chi connectivity index (χ1) is 11.6. The molecule has 128 valence electrons. The van der Waals surface area contributed by atoms with Gasteiger partial charge in [-0.2, -0.15) is 0 Å². The van der Waals surface area contributed by atoms with Crippen molar-refractivity contribution in [3.05, 3.63) is 28.3 Å². The van der Waals surface area contributed by atoms with Gasteiger partial charge in [0, 0.05) is 17.5 Å². The summed E-state index contributed by atoms with van der Waals surface area (Å²) in [6, 6.07) is 4.29. The van der Waals surface area contributed by atoms with E-state index in [1.807, 2.05) is 19.9 Å². The molecule has 2 aliphatic rings. The lowest BCUT2D eigenvalue weighted by molar-refractivity contribution is 0.0943. The average Bonchev–Trinajstić information content (AvgIpc) is 3.32. The minimum absolute atomic E-state index is 0.0330. The van der Waals surface area contributed by atoms with Crippen LogP contribution < -0.4 is 10.6 Å². The molecule has 1 aromatic heterocycles. The molecule has 2 heterocycles. The number of fused-ring (bicyclic) bond motifs is 1. The minimum Gasteiger partial charge on any atom is -0.350 e. The molecule has 2 aromatic rings. The second kappa shape index (κ2) is 6.45. The summed E-state index contributed by atoms with van der Waals surface area (Å²) in [7, 11) is 0. The highest BCUT2D eigenvalue weighted by Gasteiger charge is 2.29. The van der Waals surface area contributed by atoms with E-state index in [-0.39, 0.29) is 11.9 Å². The molecule has 1 saturated carbocycles. The molecule has 4 nitrogen and oxygen atoms in total. The summed E-state index contributed by atoms with van der Waals surface area (Å²) in [6.07, 6.45) is 4.79. The monoisotopic (exact) mass is 343 g/mol. The second-order valence-electron chi connectivity index (χ2n) is 7.39. The highest BCUT2D eigenvalue weighted by atomic mass is 32.1. The molecule has 0 bridgehead atoms. The standard InChI is InChI=1S/C19H25N3OS/c1-11(2)21-18(23)14-9-15(12-3-4-12)17-16(10-14)24-19(22-17)13-5-7-20-8-6-13/h9-13,20H,3-8H2,1-2H3,(H,21,23). The van der Waals surface area contributed by atoms with E-state index in [2.05, 4.69) is 16.7 Å². The number of rotatable bonds is 4. The van der Waals surface area contributed by atoms with E-state index in [0.29, 0.717) is 11.8 Å². The van der Waals surface area contributed by atoms with Crippen LogP contribution in [0.1, 0.15) is 72.3 Å². The van der Waals surface area contributed by atoms with E-state index in [0.717, 1.165) is 24.2 Å². The van der Waals surface area contributed by atoms with E-state index in [1.165, 1.54) is 41.0 Å². The summed E-state index contributed by atoms with van der Waals surface area (Å²) in [4.78, 5) is 17.5. The first-order valence-corrected chi connectivity index (χ1v) is 9.89. The molecule has 24 heavy (non-hydrogen) atoms. The van der Waals surface area contributed by atoms with E-state index in [4.69, 9.17) is 4.98 Å². The molecular formula is C19H25N3OS. The number of thiazole rings is 1. The molecule has 4 rings (SSSR count). The first-order valence-electron chi connectivity index (χ1n) is 9.08. The summed E-state index contributed by atoms with van der Waals surface area (Å²) in [5, 5.41) is 7.70. The number of nitrogens with zero attached hydrogens (tertiary/aromatic N) is 1. The third-order valence-electron chi connectivity index (χ3n) is 4.93. The maximum Gasteiger partial charge on any atom is 0.251 e. The van der Waals surface area contributed by atoms with Crippen molar-refractivity contribution in [1.29, 1.82) is 0 Å². The van der Waals surface area contributed by atoms with Gasteiger partial charge in [-0.05, 0) is 76.2 Å². The lowest BCUT2D eigenvalue weighted by Crippen LogP contribution is -2.30. The molecule has 1 aliphatic heterocycles. The zero-order valence-electron chi connectivity index (χ0n) is 14.4. The van der Waals surface area contributed by atoms with Gasteiger partial charge in [0.25, 0.3) is 5.91 Å². The molecule has 0 unspecified atom stereocenters. The Bertz CT molecular complexity index is 757. The van der Waals surface area contributed by atoms with Crippen molar-refractivity contribution < 1.29 is 4.79 Å². The summed E-state index contributed by atoms with van der Waals surface area (Å²) < 4.78 is 1.18. The third-order valence-corrected chi connectivity index (χ3v) is 6.09. The van der Waals surface area contributed by atoms with Crippen LogP contribution in [0.3, 0.4) is 0 Å². The van der Waals surface area contributed by atoms with Crippen LogP contribution in [0.25, 0.3) is 10.2 Å². The molecule has 1 amide bonds. The van der Waals surface area contributed by atoms with Gasteiger partial charge in [0.15, 0.2) is 0 Å². The topological polar surface area (TPSA) is 54.0 Å². The number of aromatic nitrogens is 1. The fourth-order valence-electron chi connectivity index (χ4n) is 3.50. The van der Waals surface area contributed by atoms with Crippen LogP contribution in [0.5, 0.6) is 0 Å². The predicted octanol–water partition coefficient (Wildman–Crippen LogP) is 3.78. The number of piperidine rings is 1. The molecule has 5 heteroatoms. The Hall–Kier alpha value is -1.46. The van der Waals surface area contributed by atoms with E-state index in [9.17, 15) is 4.79 Å². The van der Waals surface area contributed by atoms with Crippen molar-refractivity contribution in [1.82, 2.24) is 15.6 Å². The van der Waals surface area contributed by atoms with Gasteiger partial charge < -0.3 is 10.6 Å². The van der Waals surface area contributed by atoms with Gasteiger partial charge in [0.1, 0.15) is 0 Å². The molecule has 1 aromatic carbocycles. The van der Waals surface area contributed by atoms with Gasteiger partial charge in [-0.1, -0.05) is 0 Å². The van der Waals surface area contributed by atoms with Crippen molar-refractivity contribution in [2.24, 2.45) is 0 Å². The normalized spacial score (nSPS) is 19.1. The zero-order chi connectivity index (χ0) is 16.7. The number of carbonyl (C=O) groups is 1. The van der Waals surface area contributed by atoms with Crippen LogP contribution in [0.4, 0.5) is 0 Å². The van der Waals surface area contributed by atoms with Crippen LogP contribution >= 0.6 is 11.3 Å². The van der Waals surface area contributed by atoms with Crippen LogP contribution in [0.2, 0.25) is 0 Å². The Morgan fingerprint density at radius 1 is 1.21 bits per heavy atom. The number of nitrogens with one attached hydrogen (secondary N) is 2. The third kappa shape index (κ3) is 3.20. The lowest BCUT2D eigenvalue weighted by Gasteiger charge is -2.20. The average molecular weight is 343 g/mol. The van der Waals surface area contributed by atoms with Crippen LogP contribution in [0, 0.1) is 0 Å². The van der Waals surface area contributed by atoms with E-state index < -0.39 is 0 Å². The molecule has 2 N–H and O–H groups in total. The Morgan fingerprint density at radius 3 is 2.62 bits per heavy atom. The maximum atomic E-state index is 12.5. The second-order valence-corrected chi connectivity index (χ2v) is 8.45. The van der Waals surface area contributed by atoms with Crippen molar-refractivity contribution in [3.8, 4) is 0 Å². The van der Waals surface area contributed by atoms with Crippen molar-refractivity contribution in [2.45, 2.75) is 57.4 Å². The van der Waals surface area contributed by atoms with Crippen LogP contribution in [-0.2, 0) is 0 Å². The summed E-state index contributed by atoms with van der Waals surface area (Å²) in [6.45, 7) is 6.16. The van der Waals surface area contributed by atoms with Gasteiger partial charge in [-0.15, -0.1) is 11.3 Å². The molecule has 1 aliphatic carbocycles. The number of benzene rings is 1. The lowest BCUT2D eigenvalue weighted by atomic mass is 9.99. The van der Waals surface area contributed by atoms with Crippen LogP contribution in [0.15, 0.2) is 12.1 Å². The summed E-state index contributed by atoms with van der Waals surface area (Å²) in [5.41, 5.74) is 3.23. The highest BCUT2D eigenvalue weighted by Crippen LogP contribution is 2.45. The number of hydrogen-bond acceptors (Lipinski definition) is 4.